The molecule has 0 spiro atoms. The Morgan fingerprint density at radius 2 is 1.61 bits per heavy atom. The van der Waals surface area contributed by atoms with Gasteiger partial charge >= 0.3 is 0 Å². The molecule has 0 saturated heterocycles. The fourth-order valence-corrected chi connectivity index (χ4v) is 3.84. The Hall–Kier alpha value is -3.57. The molecule has 0 saturated carbocycles. The third-order valence-corrected chi connectivity index (χ3v) is 5.87. The highest BCUT2D eigenvalue weighted by Crippen LogP contribution is 2.36. The average molecular weight is 548 g/mol. The van der Waals surface area contributed by atoms with Crippen molar-refractivity contribution in [1.29, 1.82) is 5.26 Å². The van der Waals surface area contributed by atoms with E-state index < -0.39 is 5.91 Å². The van der Waals surface area contributed by atoms with Crippen molar-refractivity contribution in [1.82, 2.24) is 0 Å². The number of nitrogens with zero attached hydrogens (tertiary/aromatic N) is 1. The molecular formula is C26H21Cl3N2O5. The van der Waals surface area contributed by atoms with Gasteiger partial charge in [-0.25, -0.2) is 0 Å². The first kappa shape index (κ1) is 27.0. The van der Waals surface area contributed by atoms with Crippen molar-refractivity contribution < 1.29 is 23.7 Å². The average Bonchev–Trinajstić information content (AvgIpc) is 2.87. The van der Waals surface area contributed by atoms with Crippen molar-refractivity contribution >= 4 is 52.5 Å². The molecule has 1 amide bonds. The summed E-state index contributed by atoms with van der Waals surface area (Å²) in [5.41, 5.74) is 1.46. The molecule has 0 bridgehead atoms. The molecular weight excluding hydrogens is 527 g/mol. The molecule has 36 heavy (non-hydrogen) atoms. The molecule has 0 atom stereocenters. The summed E-state index contributed by atoms with van der Waals surface area (Å²) in [6.07, 6.45) is 1.43. The van der Waals surface area contributed by atoms with Gasteiger partial charge in [-0.05, 0) is 35.9 Å². The molecule has 0 radical (unpaired) electrons. The molecule has 3 aromatic carbocycles. The van der Waals surface area contributed by atoms with Crippen LogP contribution in [0.25, 0.3) is 6.08 Å². The van der Waals surface area contributed by atoms with Crippen LogP contribution < -0.4 is 24.3 Å². The molecule has 0 aromatic heterocycles. The second-order valence-electron chi connectivity index (χ2n) is 7.25. The van der Waals surface area contributed by atoms with Gasteiger partial charge < -0.3 is 24.3 Å². The van der Waals surface area contributed by atoms with E-state index in [1.165, 1.54) is 39.5 Å². The van der Waals surface area contributed by atoms with Gasteiger partial charge in [-0.1, -0.05) is 46.9 Å². The van der Waals surface area contributed by atoms with E-state index in [4.69, 9.17) is 53.8 Å². The quantitative estimate of drug-likeness (QED) is 0.234. The van der Waals surface area contributed by atoms with Gasteiger partial charge in [-0.3, -0.25) is 4.79 Å². The number of amides is 1. The molecule has 3 aromatic rings. The van der Waals surface area contributed by atoms with Gasteiger partial charge in [-0.15, -0.1) is 0 Å². The maximum Gasteiger partial charge on any atom is 0.266 e. The number of carbonyl (C=O) groups is 1. The number of hydrogen-bond donors (Lipinski definition) is 1. The summed E-state index contributed by atoms with van der Waals surface area (Å²) in [4.78, 5) is 12.8. The Bertz CT molecular complexity index is 1350. The van der Waals surface area contributed by atoms with E-state index in [-0.39, 0.29) is 12.2 Å². The number of ether oxygens (including phenoxy) is 4. The summed E-state index contributed by atoms with van der Waals surface area (Å²) >= 11 is 18.3. The number of benzene rings is 3. The normalized spacial score (nSPS) is 10.9. The lowest BCUT2D eigenvalue weighted by molar-refractivity contribution is -0.112. The van der Waals surface area contributed by atoms with E-state index in [1.54, 1.807) is 36.4 Å². The lowest BCUT2D eigenvalue weighted by Crippen LogP contribution is -2.14. The predicted octanol–water partition coefficient (Wildman–Crippen LogP) is 6.80. The molecule has 0 aliphatic heterocycles. The van der Waals surface area contributed by atoms with Crippen LogP contribution in [-0.2, 0) is 11.4 Å². The molecule has 186 valence electrons. The maximum atomic E-state index is 12.8. The van der Waals surface area contributed by atoms with Crippen LogP contribution in [0.2, 0.25) is 15.1 Å². The molecule has 0 aliphatic rings. The number of nitriles is 1. The summed E-state index contributed by atoms with van der Waals surface area (Å²) in [6.45, 7) is 0.194. The number of halogens is 3. The predicted molar refractivity (Wildman–Crippen MR) is 141 cm³/mol. The summed E-state index contributed by atoms with van der Waals surface area (Å²) in [7, 11) is 4.37. The van der Waals surface area contributed by atoms with Crippen molar-refractivity contribution in [2.24, 2.45) is 0 Å². The van der Waals surface area contributed by atoms with E-state index in [2.05, 4.69) is 5.32 Å². The summed E-state index contributed by atoms with van der Waals surface area (Å²) in [5, 5.41) is 13.6. The molecule has 1 N–H and O–H groups in total. The van der Waals surface area contributed by atoms with Crippen LogP contribution in [0.4, 0.5) is 5.69 Å². The highest BCUT2D eigenvalue weighted by atomic mass is 35.5. The Kier molecular flexibility index (Phi) is 9.31. The van der Waals surface area contributed by atoms with E-state index in [0.29, 0.717) is 49.3 Å². The number of hydrogen-bond acceptors (Lipinski definition) is 6. The summed E-state index contributed by atoms with van der Waals surface area (Å²) in [6, 6.07) is 15.1. The molecule has 0 fully saturated rings. The molecule has 0 unspecified atom stereocenters. The molecule has 0 heterocycles. The minimum absolute atomic E-state index is 0.144. The van der Waals surface area contributed by atoms with Crippen LogP contribution in [0, 0.1) is 11.3 Å². The number of methoxy groups -OCH3 is 3. The van der Waals surface area contributed by atoms with Crippen LogP contribution >= 0.6 is 34.8 Å². The Morgan fingerprint density at radius 3 is 2.25 bits per heavy atom. The van der Waals surface area contributed by atoms with Crippen LogP contribution in [0.1, 0.15) is 11.1 Å². The Balaban J connectivity index is 1.81. The van der Waals surface area contributed by atoms with E-state index in [9.17, 15) is 10.1 Å². The minimum atomic E-state index is -0.642. The number of nitrogens with one attached hydrogen (secondary N) is 1. The van der Waals surface area contributed by atoms with Gasteiger partial charge in [0.05, 0.1) is 32.0 Å². The lowest BCUT2D eigenvalue weighted by atomic mass is 10.1. The van der Waals surface area contributed by atoms with Gasteiger partial charge in [0.15, 0.2) is 11.5 Å². The monoisotopic (exact) mass is 546 g/mol. The van der Waals surface area contributed by atoms with Crippen molar-refractivity contribution in [2.75, 3.05) is 26.6 Å². The number of carbonyl (C=O) groups excluding carboxylic acids is 1. The highest BCUT2D eigenvalue weighted by molar-refractivity contribution is 6.35. The topological polar surface area (TPSA) is 89.8 Å². The zero-order chi connectivity index (χ0) is 26.2. The molecule has 3 rings (SSSR count). The Labute approximate surface area is 223 Å². The lowest BCUT2D eigenvalue weighted by Gasteiger charge is -2.13. The van der Waals surface area contributed by atoms with Crippen molar-refractivity contribution in [3.63, 3.8) is 0 Å². The van der Waals surface area contributed by atoms with Crippen LogP contribution in [0.15, 0.2) is 54.1 Å². The minimum Gasteiger partial charge on any atom is -0.495 e. The van der Waals surface area contributed by atoms with Gasteiger partial charge in [0.25, 0.3) is 5.91 Å². The SMILES string of the molecule is COc1cc(NC(=O)/C(C#N)=C/c2ccc(OCc3ccc(Cl)cc3Cl)c(OC)c2)c(OC)cc1Cl. The number of rotatable bonds is 9. The third kappa shape index (κ3) is 6.55. The van der Waals surface area contributed by atoms with Gasteiger partial charge in [-0.2, -0.15) is 5.26 Å². The van der Waals surface area contributed by atoms with Crippen molar-refractivity contribution in [2.45, 2.75) is 6.61 Å². The molecule has 0 aliphatic carbocycles. The van der Waals surface area contributed by atoms with E-state index in [1.807, 2.05) is 6.07 Å². The summed E-state index contributed by atoms with van der Waals surface area (Å²) in [5.74, 6) is 0.889. The fourth-order valence-electron chi connectivity index (χ4n) is 3.15. The van der Waals surface area contributed by atoms with Crippen molar-refractivity contribution in [3.05, 3.63) is 80.3 Å². The standard InChI is InChI=1S/C26H21Cl3N2O5/c1-33-23-12-21(24(34-2)11-20(23)29)31-26(32)17(13-30)8-15-4-7-22(25(9-15)35-3)36-14-16-5-6-18(27)10-19(16)28/h4-12H,14H2,1-3H3,(H,31,32)/b17-8+. The first-order valence-electron chi connectivity index (χ1n) is 10.4. The highest BCUT2D eigenvalue weighted by Gasteiger charge is 2.16. The molecule has 7 nitrogen and oxygen atoms in total. The first-order chi connectivity index (χ1) is 17.3. The second-order valence-corrected chi connectivity index (χ2v) is 8.50. The van der Waals surface area contributed by atoms with Gasteiger partial charge in [0, 0.05) is 27.7 Å². The van der Waals surface area contributed by atoms with Crippen molar-refractivity contribution in [3.8, 4) is 29.1 Å². The number of anilines is 1. The summed E-state index contributed by atoms with van der Waals surface area (Å²) < 4.78 is 21.7. The Morgan fingerprint density at radius 1 is 0.889 bits per heavy atom. The van der Waals surface area contributed by atoms with Gasteiger partial charge in [0.1, 0.15) is 29.7 Å². The van der Waals surface area contributed by atoms with Crippen LogP contribution in [0.3, 0.4) is 0 Å². The second kappa shape index (κ2) is 12.4. The van der Waals surface area contributed by atoms with Crippen LogP contribution in [0.5, 0.6) is 23.0 Å². The van der Waals surface area contributed by atoms with E-state index >= 15 is 0 Å². The fraction of sp³-hybridized carbons (Fsp3) is 0.154. The smallest absolute Gasteiger partial charge is 0.266 e. The zero-order valence-corrected chi connectivity index (χ0v) is 21.8. The maximum absolute atomic E-state index is 12.8. The van der Waals surface area contributed by atoms with Gasteiger partial charge in [0.2, 0.25) is 0 Å². The third-order valence-electron chi connectivity index (χ3n) is 4.98. The zero-order valence-electron chi connectivity index (χ0n) is 19.5. The largest absolute Gasteiger partial charge is 0.495 e. The molecule has 10 heteroatoms. The van der Waals surface area contributed by atoms with Crippen LogP contribution in [-0.4, -0.2) is 27.2 Å². The van der Waals surface area contributed by atoms with E-state index in [0.717, 1.165) is 5.56 Å². The first-order valence-corrected chi connectivity index (χ1v) is 11.5.